The number of amides is 2. The molecule has 2 heterocycles. The van der Waals surface area contributed by atoms with Crippen LogP contribution >= 0.6 is 0 Å². The SMILES string of the molecule is Cn1nc2c(c1NC(=O)C1CCCN(C(=O)Cc3ccccc3)C1)CCC2. The van der Waals surface area contributed by atoms with E-state index >= 15 is 0 Å². The van der Waals surface area contributed by atoms with Crippen molar-refractivity contribution in [3.63, 3.8) is 0 Å². The van der Waals surface area contributed by atoms with E-state index in [-0.39, 0.29) is 17.7 Å². The maximum Gasteiger partial charge on any atom is 0.230 e. The average Bonchev–Trinajstić information content (AvgIpc) is 3.25. The highest BCUT2D eigenvalue weighted by Gasteiger charge is 2.30. The molecule has 4 rings (SSSR count). The van der Waals surface area contributed by atoms with E-state index in [0.717, 1.165) is 55.7 Å². The van der Waals surface area contributed by atoms with Crippen LogP contribution in [0.1, 0.15) is 36.1 Å². The second-order valence-electron chi connectivity index (χ2n) is 7.58. The zero-order valence-corrected chi connectivity index (χ0v) is 15.8. The molecule has 2 aliphatic rings. The molecule has 1 aliphatic heterocycles. The molecular weight excluding hydrogens is 340 g/mol. The third kappa shape index (κ3) is 3.75. The Hall–Kier alpha value is -2.63. The van der Waals surface area contributed by atoms with E-state index in [1.807, 2.05) is 42.3 Å². The Morgan fingerprint density at radius 1 is 1.19 bits per heavy atom. The number of fused-ring (bicyclic) bond motifs is 1. The number of anilines is 1. The molecule has 0 saturated carbocycles. The van der Waals surface area contributed by atoms with Gasteiger partial charge in [0.15, 0.2) is 0 Å². The Morgan fingerprint density at radius 2 is 2.00 bits per heavy atom. The van der Waals surface area contributed by atoms with Crippen molar-refractivity contribution in [3.05, 3.63) is 47.2 Å². The van der Waals surface area contributed by atoms with Gasteiger partial charge in [-0.1, -0.05) is 30.3 Å². The van der Waals surface area contributed by atoms with Crippen LogP contribution in [-0.2, 0) is 35.9 Å². The fourth-order valence-corrected chi connectivity index (χ4v) is 4.19. The normalized spacial score (nSPS) is 19.0. The standard InChI is InChI=1S/C21H26N4O2/c1-24-20(17-10-5-11-18(17)23-24)22-21(27)16-9-6-12-25(14-16)19(26)13-15-7-3-2-4-8-15/h2-4,7-8,16H,5-6,9-14H2,1H3,(H,22,27). The number of benzene rings is 1. The lowest BCUT2D eigenvalue weighted by Crippen LogP contribution is -2.44. The number of carbonyl (C=O) groups excluding carboxylic acids is 2. The van der Waals surface area contributed by atoms with Crippen LogP contribution in [0.25, 0.3) is 0 Å². The van der Waals surface area contributed by atoms with E-state index in [1.54, 1.807) is 4.68 Å². The van der Waals surface area contributed by atoms with E-state index in [0.29, 0.717) is 13.0 Å². The molecule has 0 bridgehead atoms. The highest BCUT2D eigenvalue weighted by Crippen LogP contribution is 2.29. The zero-order valence-electron chi connectivity index (χ0n) is 15.8. The molecule has 1 aromatic carbocycles. The van der Waals surface area contributed by atoms with Gasteiger partial charge in [0.25, 0.3) is 0 Å². The maximum atomic E-state index is 12.9. The highest BCUT2D eigenvalue weighted by molar-refractivity contribution is 5.93. The van der Waals surface area contributed by atoms with Crippen molar-refractivity contribution < 1.29 is 9.59 Å². The number of nitrogens with one attached hydrogen (secondary N) is 1. The summed E-state index contributed by atoms with van der Waals surface area (Å²) in [6.45, 7) is 1.23. The van der Waals surface area contributed by atoms with E-state index in [2.05, 4.69) is 10.4 Å². The summed E-state index contributed by atoms with van der Waals surface area (Å²) in [4.78, 5) is 27.3. The lowest BCUT2D eigenvalue weighted by atomic mass is 9.96. The predicted octanol–water partition coefficient (Wildman–Crippen LogP) is 2.33. The van der Waals surface area contributed by atoms with Gasteiger partial charge < -0.3 is 10.2 Å². The van der Waals surface area contributed by atoms with Crippen LogP contribution in [0.5, 0.6) is 0 Å². The quantitative estimate of drug-likeness (QED) is 0.903. The summed E-state index contributed by atoms with van der Waals surface area (Å²) < 4.78 is 1.78. The second-order valence-corrected chi connectivity index (χ2v) is 7.58. The van der Waals surface area contributed by atoms with Crippen LogP contribution in [0.15, 0.2) is 30.3 Å². The lowest BCUT2D eigenvalue weighted by molar-refractivity contribution is -0.133. The van der Waals surface area contributed by atoms with Crippen molar-refractivity contribution in [2.45, 2.75) is 38.5 Å². The van der Waals surface area contributed by atoms with Crippen molar-refractivity contribution in [1.29, 1.82) is 0 Å². The third-order valence-corrected chi connectivity index (χ3v) is 5.65. The van der Waals surface area contributed by atoms with Gasteiger partial charge in [0.2, 0.25) is 11.8 Å². The number of nitrogens with zero attached hydrogens (tertiary/aromatic N) is 3. The number of rotatable bonds is 4. The Bertz CT molecular complexity index is 843. The monoisotopic (exact) mass is 366 g/mol. The molecule has 1 aromatic heterocycles. The van der Waals surface area contributed by atoms with Gasteiger partial charge in [-0.25, -0.2) is 0 Å². The summed E-state index contributed by atoms with van der Waals surface area (Å²) in [6.07, 6.45) is 5.15. The first-order valence-electron chi connectivity index (χ1n) is 9.79. The lowest BCUT2D eigenvalue weighted by Gasteiger charge is -2.32. The van der Waals surface area contributed by atoms with Gasteiger partial charge in [-0.15, -0.1) is 0 Å². The molecule has 0 spiro atoms. The molecule has 0 radical (unpaired) electrons. The summed E-state index contributed by atoms with van der Waals surface area (Å²) in [5.74, 6) is 0.774. The van der Waals surface area contributed by atoms with Gasteiger partial charge in [0.05, 0.1) is 18.0 Å². The Morgan fingerprint density at radius 3 is 2.81 bits per heavy atom. The van der Waals surface area contributed by atoms with Crippen LogP contribution in [0.3, 0.4) is 0 Å². The maximum absolute atomic E-state index is 12.9. The van der Waals surface area contributed by atoms with Crippen molar-refractivity contribution in [1.82, 2.24) is 14.7 Å². The average molecular weight is 366 g/mol. The van der Waals surface area contributed by atoms with E-state index in [4.69, 9.17) is 0 Å². The minimum Gasteiger partial charge on any atom is -0.342 e. The van der Waals surface area contributed by atoms with E-state index < -0.39 is 0 Å². The first kappa shape index (κ1) is 17.8. The zero-order chi connectivity index (χ0) is 18.8. The van der Waals surface area contributed by atoms with E-state index in [1.165, 1.54) is 5.56 Å². The second kappa shape index (κ2) is 7.55. The molecule has 1 unspecified atom stereocenters. The van der Waals surface area contributed by atoms with Crippen molar-refractivity contribution in [3.8, 4) is 0 Å². The van der Waals surface area contributed by atoms with Crippen molar-refractivity contribution in [2.75, 3.05) is 18.4 Å². The Kier molecular flexibility index (Phi) is 4.97. The molecule has 1 atom stereocenters. The number of carbonyl (C=O) groups is 2. The van der Waals surface area contributed by atoms with E-state index in [9.17, 15) is 9.59 Å². The number of aromatic nitrogens is 2. The fraction of sp³-hybridized carbons (Fsp3) is 0.476. The number of hydrogen-bond acceptors (Lipinski definition) is 3. The van der Waals surface area contributed by atoms with Gasteiger partial charge in [0, 0.05) is 25.7 Å². The third-order valence-electron chi connectivity index (χ3n) is 5.65. The predicted molar refractivity (Wildman–Crippen MR) is 103 cm³/mol. The molecule has 1 saturated heterocycles. The van der Waals surface area contributed by atoms with Crippen LogP contribution in [0, 0.1) is 5.92 Å². The molecule has 2 amide bonds. The van der Waals surface area contributed by atoms with Gasteiger partial charge in [0.1, 0.15) is 5.82 Å². The smallest absolute Gasteiger partial charge is 0.230 e. The van der Waals surface area contributed by atoms with Gasteiger partial charge >= 0.3 is 0 Å². The largest absolute Gasteiger partial charge is 0.342 e. The van der Waals surface area contributed by atoms with Gasteiger partial charge in [-0.3, -0.25) is 14.3 Å². The topological polar surface area (TPSA) is 67.2 Å². The summed E-state index contributed by atoms with van der Waals surface area (Å²) in [5.41, 5.74) is 3.30. The van der Waals surface area contributed by atoms with Crippen LogP contribution < -0.4 is 5.32 Å². The summed E-state index contributed by atoms with van der Waals surface area (Å²) in [5, 5.41) is 7.61. The summed E-state index contributed by atoms with van der Waals surface area (Å²) in [6, 6.07) is 9.78. The highest BCUT2D eigenvalue weighted by atomic mass is 16.2. The molecule has 27 heavy (non-hydrogen) atoms. The fourth-order valence-electron chi connectivity index (χ4n) is 4.19. The number of likely N-dealkylation sites (tertiary alicyclic amines) is 1. The van der Waals surface area contributed by atoms with Crippen LogP contribution in [0.2, 0.25) is 0 Å². The Labute approximate surface area is 159 Å². The first-order chi connectivity index (χ1) is 13.1. The molecular formula is C21H26N4O2. The number of hydrogen-bond donors (Lipinski definition) is 1. The number of aryl methyl sites for hydroxylation is 2. The molecule has 142 valence electrons. The first-order valence-corrected chi connectivity index (χ1v) is 9.79. The van der Waals surface area contributed by atoms with Crippen molar-refractivity contribution >= 4 is 17.6 Å². The minimum absolute atomic E-state index is 0.00455. The summed E-state index contributed by atoms with van der Waals surface area (Å²) in [7, 11) is 1.88. The number of piperidine rings is 1. The Balaban J connectivity index is 1.39. The molecule has 1 N–H and O–H groups in total. The minimum atomic E-state index is -0.162. The van der Waals surface area contributed by atoms with Gasteiger partial charge in [-0.2, -0.15) is 5.10 Å². The molecule has 1 aliphatic carbocycles. The van der Waals surface area contributed by atoms with Crippen molar-refractivity contribution in [2.24, 2.45) is 13.0 Å². The summed E-state index contributed by atoms with van der Waals surface area (Å²) >= 11 is 0. The molecule has 6 nitrogen and oxygen atoms in total. The van der Waals surface area contributed by atoms with Gasteiger partial charge in [-0.05, 0) is 37.7 Å². The molecule has 1 fully saturated rings. The molecule has 2 aromatic rings. The van der Waals surface area contributed by atoms with Crippen LogP contribution in [-0.4, -0.2) is 39.6 Å². The van der Waals surface area contributed by atoms with Crippen LogP contribution in [0.4, 0.5) is 5.82 Å². The molecule has 6 heteroatoms.